The highest BCUT2D eigenvalue weighted by Gasteiger charge is 2.34. The Hall–Kier alpha value is -3.25. The van der Waals surface area contributed by atoms with Gasteiger partial charge in [-0.3, -0.25) is 14.3 Å². The topological polar surface area (TPSA) is 80.3 Å². The van der Waals surface area contributed by atoms with Gasteiger partial charge in [0, 0.05) is 16.7 Å². The molecule has 30 heavy (non-hydrogen) atoms. The van der Waals surface area contributed by atoms with Crippen molar-refractivity contribution in [1.29, 1.82) is 0 Å². The zero-order valence-electron chi connectivity index (χ0n) is 16.7. The highest BCUT2D eigenvalue weighted by Crippen LogP contribution is 2.33. The first kappa shape index (κ1) is 20.0. The summed E-state index contributed by atoms with van der Waals surface area (Å²) in [7, 11) is -4.10. The molecule has 0 aromatic heterocycles. The maximum absolute atomic E-state index is 13.3. The third kappa shape index (κ3) is 3.23. The van der Waals surface area contributed by atoms with Crippen molar-refractivity contribution >= 4 is 27.3 Å². The van der Waals surface area contributed by atoms with Crippen molar-refractivity contribution in [3.8, 4) is 0 Å². The Morgan fingerprint density at radius 1 is 0.800 bits per heavy atom. The van der Waals surface area contributed by atoms with Gasteiger partial charge >= 0.3 is 0 Å². The van der Waals surface area contributed by atoms with Crippen molar-refractivity contribution in [2.24, 2.45) is 0 Å². The summed E-state index contributed by atoms with van der Waals surface area (Å²) < 4.78 is 29.3. The number of para-hydroxylation sites is 1. The number of ketones is 2. The lowest BCUT2D eigenvalue weighted by Crippen LogP contribution is -2.25. The molecule has 1 atom stereocenters. The van der Waals surface area contributed by atoms with E-state index in [1.807, 2.05) is 26.0 Å². The molecule has 5 nitrogen and oxygen atoms in total. The summed E-state index contributed by atoms with van der Waals surface area (Å²) in [6.45, 7) is 4.06. The smallest absolute Gasteiger partial charge is 0.262 e. The molecule has 0 aliphatic heterocycles. The fourth-order valence-electron chi connectivity index (χ4n) is 3.78. The minimum atomic E-state index is -4.10. The number of carbonyl (C=O) groups is 2. The summed E-state index contributed by atoms with van der Waals surface area (Å²) in [5, 5.41) is 0. The molecule has 0 spiro atoms. The number of anilines is 1. The van der Waals surface area contributed by atoms with Crippen LogP contribution in [-0.2, 0) is 10.0 Å². The third-order valence-electron chi connectivity index (χ3n) is 5.55. The number of hydrogen-bond donors (Lipinski definition) is 1. The maximum atomic E-state index is 13.3. The Morgan fingerprint density at radius 3 is 2.10 bits per heavy atom. The van der Waals surface area contributed by atoms with Crippen LogP contribution in [0.5, 0.6) is 0 Å². The lowest BCUT2D eigenvalue weighted by Gasteiger charge is -2.21. The van der Waals surface area contributed by atoms with E-state index in [0.29, 0.717) is 11.3 Å². The van der Waals surface area contributed by atoms with Crippen LogP contribution in [0.15, 0.2) is 71.6 Å². The van der Waals surface area contributed by atoms with Gasteiger partial charge in [0.05, 0.1) is 16.1 Å². The normalized spacial score (nSPS) is 14.1. The average molecular weight is 420 g/mol. The molecule has 1 N–H and O–H groups in total. The quantitative estimate of drug-likeness (QED) is 0.505. The van der Waals surface area contributed by atoms with Gasteiger partial charge in [-0.15, -0.1) is 0 Å². The average Bonchev–Trinajstić information content (AvgIpc) is 2.76. The van der Waals surface area contributed by atoms with Crippen molar-refractivity contribution in [2.45, 2.75) is 31.1 Å². The monoisotopic (exact) mass is 419 g/mol. The van der Waals surface area contributed by atoms with Crippen LogP contribution in [0, 0.1) is 0 Å². The Kier molecular flexibility index (Phi) is 5.03. The fraction of sp³-hybridized carbons (Fsp3) is 0.167. The van der Waals surface area contributed by atoms with E-state index in [9.17, 15) is 18.0 Å². The van der Waals surface area contributed by atoms with Gasteiger partial charge in [0.1, 0.15) is 0 Å². The molecule has 6 heteroatoms. The molecular weight excluding hydrogens is 398 g/mol. The van der Waals surface area contributed by atoms with Crippen molar-refractivity contribution in [3.05, 3.63) is 94.5 Å². The molecule has 152 valence electrons. The van der Waals surface area contributed by atoms with Gasteiger partial charge < -0.3 is 0 Å². The van der Waals surface area contributed by atoms with Gasteiger partial charge in [-0.25, -0.2) is 8.42 Å². The number of nitrogens with one attached hydrogen (secondary N) is 1. The molecule has 1 unspecified atom stereocenters. The second-order valence-corrected chi connectivity index (χ2v) is 9.04. The summed E-state index contributed by atoms with van der Waals surface area (Å²) in [5.41, 5.74) is 1.89. The third-order valence-corrected chi connectivity index (χ3v) is 6.96. The lowest BCUT2D eigenvalue weighted by molar-refractivity contribution is 0.0976. The molecule has 0 saturated carbocycles. The zero-order valence-corrected chi connectivity index (χ0v) is 17.5. The highest BCUT2D eigenvalue weighted by molar-refractivity contribution is 7.92. The van der Waals surface area contributed by atoms with Crippen molar-refractivity contribution in [1.82, 2.24) is 0 Å². The van der Waals surface area contributed by atoms with E-state index < -0.39 is 15.8 Å². The molecule has 1 aliphatic rings. The second kappa shape index (κ2) is 7.54. The maximum Gasteiger partial charge on any atom is 0.262 e. The van der Waals surface area contributed by atoms with E-state index >= 15 is 0 Å². The number of fused-ring (bicyclic) bond motifs is 2. The SMILES string of the molecule is CCC(C)c1ccccc1NS(=O)(=O)c1cccc2c1C(=O)c1ccccc1C2=O. The van der Waals surface area contributed by atoms with Gasteiger partial charge in [-0.2, -0.15) is 0 Å². The highest BCUT2D eigenvalue weighted by atomic mass is 32.2. The first-order chi connectivity index (χ1) is 14.3. The summed E-state index contributed by atoms with van der Waals surface area (Å²) in [6.07, 6.45) is 0.850. The molecule has 0 heterocycles. The predicted octanol–water partition coefficient (Wildman–Crippen LogP) is 4.78. The lowest BCUT2D eigenvalue weighted by atomic mass is 9.84. The Labute approximate surface area is 175 Å². The Balaban J connectivity index is 1.84. The number of sulfonamides is 1. The largest absolute Gasteiger partial charge is 0.289 e. The fourth-order valence-corrected chi connectivity index (χ4v) is 5.09. The van der Waals surface area contributed by atoms with Crippen LogP contribution < -0.4 is 4.72 Å². The molecule has 3 aromatic carbocycles. The molecule has 1 aliphatic carbocycles. The summed E-state index contributed by atoms with van der Waals surface area (Å²) >= 11 is 0. The predicted molar refractivity (Wildman–Crippen MR) is 116 cm³/mol. The van der Waals surface area contributed by atoms with E-state index in [1.165, 1.54) is 18.2 Å². The first-order valence-corrected chi connectivity index (χ1v) is 11.3. The minimum absolute atomic E-state index is 0.0743. The van der Waals surface area contributed by atoms with Crippen LogP contribution in [0.4, 0.5) is 5.69 Å². The number of hydrogen-bond acceptors (Lipinski definition) is 4. The van der Waals surface area contributed by atoms with E-state index in [2.05, 4.69) is 4.72 Å². The molecule has 0 amide bonds. The van der Waals surface area contributed by atoms with Gasteiger partial charge in [0.25, 0.3) is 10.0 Å². The van der Waals surface area contributed by atoms with E-state index in [-0.39, 0.29) is 33.3 Å². The van der Waals surface area contributed by atoms with E-state index in [4.69, 9.17) is 0 Å². The standard InChI is InChI=1S/C24H21NO4S/c1-3-15(2)16-9-6-7-13-20(16)25-30(28,29)21-14-8-12-19-22(21)24(27)18-11-5-4-10-17(18)23(19)26/h4-15,25H,3H2,1-2H3. The van der Waals surface area contributed by atoms with Crippen molar-refractivity contribution in [3.63, 3.8) is 0 Å². The van der Waals surface area contributed by atoms with Gasteiger partial charge in [0.2, 0.25) is 0 Å². The minimum Gasteiger partial charge on any atom is -0.289 e. The van der Waals surface area contributed by atoms with Crippen LogP contribution in [0.3, 0.4) is 0 Å². The Morgan fingerprint density at radius 2 is 1.40 bits per heavy atom. The summed E-state index contributed by atoms with van der Waals surface area (Å²) in [4.78, 5) is 25.9. The molecule has 0 fully saturated rings. The van der Waals surface area contributed by atoms with Crippen molar-refractivity contribution < 1.29 is 18.0 Å². The molecule has 0 saturated heterocycles. The summed E-state index contributed by atoms with van der Waals surface area (Å²) in [5.74, 6) is -0.655. The van der Waals surface area contributed by atoms with Gasteiger partial charge in [-0.1, -0.05) is 68.4 Å². The number of carbonyl (C=O) groups excluding carboxylic acids is 2. The number of benzene rings is 3. The van der Waals surface area contributed by atoms with Gasteiger partial charge in [0.15, 0.2) is 11.6 Å². The summed E-state index contributed by atoms with van der Waals surface area (Å²) in [6, 6.07) is 18.0. The Bertz CT molecular complexity index is 1280. The van der Waals surface area contributed by atoms with Crippen LogP contribution >= 0.6 is 0 Å². The second-order valence-electron chi connectivity index (χ2n) is 7.38. The van der Waals surface area contributed by atoms with Crippen LogP contribution in [-0.4, -0.2) is 20.0 Å². The first-order valence-electron chi connectivity index (χ1n) is 9.78. The molecule has 3 aromatic rings. The molecule has 4 rings (SSSR count). The van der Waals surface area contributed by atoms with Crippen LogP contribution in [0.1, 0.15) is 63.6 Å². The van der Waals surface area contributed by atoms with E-state index in [1.54, 1.807) is 36.4 Å². The van der Waals surface area contributed by atoms with Crippen LogP contribution in [0.2, 0.25) is 0 Å². The molecule has 0 bridgehead atoms. The van der Waals surface area contributed by atoms with Crippen LogP contribution in [0.25, 0.3) is 0 Å². The van der Waals surface area contributed by atoms with Gasteiger partial charge in [-0.05, 0) is 30.0 Å². The zero-order chi connectivity index (χ0) is 21.5. The molecule has 0 radical (unpaired) electrons. The number of rotatable bonds is 5. The van der Waals surface area contributed by atoms with Crippen molar-refractivity contribution in [2.75, 3.05) is 4.72 Å². The van der Waals surface area contributed by atoms with E-state index in [0.717, 1.165) is 12.0 Å². The molecular formula is C24H21NO4S.